The van der Waals surface area contributed by atoms with Crippen LogP contribution in [0.3, 0.4) is 0 Å². The van der Waals surface area contributed by atoms with Crippen molar-refractivity contribution in [1.29, 1.82) is 0 Å². The third-order valence-electron chi connectivity index (χ3n) is 14.7. The number of hydrogen-bond donors (Lipinski definition) is 0. The van der Waals surface area contributed by atoms with E-state index in [2.05, 4.69) is 263 Å². The molecular weight excluding hydrogens is 1220 g/mol. The largest absolute Gasteiger partial charge is 0.264 e. The molecule has 0 bridgehead atoms. The van der Waals surface area contributed by atoms with Crippen LogP contribution in [0, 0.1) is 11.8 Å². The number of halogens is 4. The number of hydrogen-bond acceptors (Lipinski definition) is 7. The molecule has 7 rings (SSSR count). The van der Waals surface area contributed by atoms with E-state index in [-0.39, 0.29) is 23.6 Å². The second-order valence-electron chi connectivity index (χ2n) is 27.1. The van der Waals surface area contributed by atoms with Crippen LogP contribution in [0.1, 0.15) is 355 Å². The first-order valence-electron chi connectivity index (χ1n) is 32.4. The topological polar surface area (TPSA) is 90.2 Å². The first kappa shape index (κ1) is 80.9. The van der Waals surface area contributed by atoms with Crippen molar-refractivity contribution in [3.05, 3.63) is 203 Å². The van der Waals surface area contributed by atoms with Gasteiger partial charge in [0.2, 0.25) is 5.95 Å². The summed E-state index contributed by atoms with van der Waals surface area (Å²) in [6.45, 7) is 60.4. The molecule has 0 amide bonds. The molecule has 11 heteroatoms. The molecule has 0 saturated heterocycles. The van der Waals surface area contributed by atoms with Crippen molar-refractivity contribution in [2.45, 2.75) is 277 Å². The van der Waals surface area contributed by atoms with Gasteiger partial charge in [-0.1, -0.05) is 218 Å². The smallest absolute Gasteiger partial charge is 0.213 e. The number of aromatic nitrogens is 7. The molecule has 0 fully saturated rings. The van der Waals surface area contributed by atoms with Crippen molar-refractivity contribution >= 4 is 31.9 Å². The van der Waals surface area contributed by atoms with E-state index < -0.39 is 0 Å². The maximum Gasteiger partial charge on any atom is 0.213 e. The Labute approximate surface area is 552 Å². The van der Waals surface area contributed by atoms with E-state index in [1.807, 2.05) is 82.9 Å². The summed E-state index contributed by atoms with van der Waals surface area (Å²) in [5.74, 6) is 6.19. The minimum absolute atomic E-state index is 0.179. The van der Waals surface area contributed by atoms with Crippen LogP contribution in [0.2, 0.25) is 0 Å². The summed E-state index contributed by atoms with van der Waals surface area (Å²) in [4.78, 5) is 29.7. The number of nitrogens with zero attached hydrogens (tertiary/aromatic N) is 7. The molecule has 7 aromatic rings. The fourth-order valence-electron chi connectivity index (χ4n) is 9.99. The Morgan fingerprint density at radius 3 is 1.03 bits per heavy atom. The molecule has 0 spiro atoms. The normalized spacial score (nSPS) is 11.2. The van der Waals surface area contributed by atoms with E-state index in [0.29, 0.717) is 71.0 Å². The summed E-state index contributed by atoms with van der Waals surface area (Å²) in [5, 5.41) is 0. The van der Waals surface area contributed by atoms with Gasteiger partial charge in [-0.05, 0) is 201 Å². The maximum atomic E-state index is 13.4. The van der Waals surface area contributed by atoms with Crippen molar-refractivity contribution < 1.29 is 8.78 Å². The van der Waals surface area contributed by atoms with Crippen molar-refractivity contribution in [1.82, 2.24) is 34.9 Å². The number of rotatable bonds is 14. The molecule has 7 heterocycles. The second-order valence-corrected chi connectivity index (χ2v) is 28.8. The molecule has 486 valence electrons. The van der Waals surface area contributed by atoms with Gasteiger partial charge < -0.3 is 0 Å². The van der Waals surface area contributed by atoms with Crippen LogP contribution in [-0.4, -0.2) is 34.9 Å². The molecule has 0 aliphatic rings. The van der Waals surface area contributed by atoms with E-state index in [0.717, 1.165) is 31.5 Å². The fraction of sp³-hybridized carbons (Fsp3) is 0.545. The molecule has 0 N–H and O–H groups in total. The average Bonchev–Trinajstić information content (AvgIpc) is 3.67. The molecular formula is C77H115Br2F2N7. The fourth-order valence-corrected chi connectivity index (χ4v) is 10.7. The average molecular weight is 1340 g/mol. The van der Waals surface area contributed by atoms with Crippen molar-refractivity contribution in [2.75, 3.05) is 0 Å². The highest BCUT2D eigenvalue weighted by Gasteiger charge is 2.17. The SMILES string of the molecule is CC(C)c1cc(Br)cnc1C(C)C.CC(C)c1ccc(Br)nc1C(C)C.CC(C)c1ccc(F)nc1C(C)C.CC(C)c1cccnc1C(C)C.CC(C)c1cccnc1C(C)C.CC(C)c1ccncc1C(C)C.CC(C)c1cncc(F)c1C(C)C. The van der Waals surface area contributed by atoms with Gasteiger partial charge in [-0.2, -0.15) is 4.39 Å². The highest BCUT2D eigenvalue weighted by molar-refractivity contribution is 9.10. The highest BCUT2D eigenvalue weighted by atomic mass is 79.9. The molecule has 0 aliphatic heterocycles. The lowest BCUT2D eigenvalue weighted by atomic mass is 9.92. The van der Waals surface area contributed by atoms with Gasteiger partial charge in [-0.3, -0.25) is 24.9 Å². The van der Waals surface area contributed by atoms with Crippen molar-refractivity contribution in [2.24, 2.45) is 0 Å². The van der Waals surface area contributed by atoms with E-state index in [1.165, 1.54) is 68.4 Å². The first-order valence-corrected chi connectivity index (χ1v) is 34.0. The molecule has 0 radical (unpaired) electrons. The van der Waals surface area contributed by atoms with E-state index in [1.54, 1.807) is 6.20 Å². The lowest BCUT2D eigenvalue weighted by Crippen LogP contribution is -2.03. The Bertz CT molecular complexity index is 2720. The Kier molecular flexibility index (Phi) is 37.3. The van der Waals surface area contributed by atoms with Gasteiger partial charge in [0.1, 0.15) is 10.4 Å². The summed E-state index contributed by atoms with van der Waals surface area (Å²) in [6, 6.07) is 20.1. The predicted molar refractivity (Wildman–Crippen MR) is 382 cm³/mol. The minimum Gasteiger partial charge on any atom is -0.264 e. The monoisotopic (exact) mass is 1330 g/mol. The van der Waals surface area contributed by atoms with E-state index in [4.69, 9.17) is 0 Å². The minimum atomic E-state index is -0.381. The molecule has 7 aromatic heterocycles. The maximum absolute atomic E-state index is 13.4. The standard InChI is InChI=1S/2C11H16BrN.2C11H16FN.3C11H17N/c1-7(2)10-5-9(12)6-13-11(10)8(3)4;1-7(2)9-5-6-10(12)13-11(9)8(3)4;1-7(2)9-5-13-6-10(12)11(9)8(3)4;1-7(2)9-5-6-10(12)13-11(9)8(3)4;1-8(2)10-5-6-12-7-11(10)9(3)4;2*1-8(2)10-6-5-7-12-11(10)9(3)4/h4*5-8H,1-4H3;3*5-9H,1-4H3. The van der Waals surface area contributed by atoms with Crippen molar-refractivity contribution in [3.63, 3.8) is 0 Å². The molecule has 88 heavy (non-hydrogen) atoms. The molecule has 0 aromatic carbocycles. The summed E-state index contributed by atoms with van der Waals surface area (Å²) in [7, 11) is 0. The van der Waals surface area contributed by atoms with Crippen LogP contribution >= 0.6 is 31.9 Å². The summed E-state index contributed by atoms with van der Waals surface area (Å²) < 4.78 is 28.3. The van der Waals surface area contributed by atoms with Gasteiger partial charge in [0.25, 0.3) is 0 Å². The quantitative estimate of drug-likeness (QED) is 0.100. The van der Waals surface area contributed by atoms with Crippen LogP contribution in [0.5, 0.6) is 0 Å². The lowest BCUT2D eigenvalue weighted by Gasteiger charge is -2.15. The van der Waals surface area contributed by atoms with Gasteiger partial charge in [-0.15, -0.1) is 0 Å². The summed E-state index contributed by atoms with van der Waals surface area (Å²) in [6.07, 6.45) is 12.6. The van der Waals surface area contributed by atoms with Crippen LogP contribution in [0.15, 0.2) is 113 Å². The Morgan fingerprint density at radius 1 is 0.295 bits per heavy atom. The van der Waals surface area contributed by atoms with Gasteiger partial charge in [0, 0.05) is 70.1 Å². The van der Waals surface area contributed by atoms with Gasteiger partial charge in [0.15, 0.2) is 0 Å². The van der Waals surface area contributed by atoms with Gasteiger partial charge in [-0.25, -0.2) is 14.4 Å². The predicted octanol–water partition coefficient (Wildman–Crippen LogP) is 25.1. The van der Waals surface area contributed by atoms with Crippen LogP contribution in [0.4, 0.5) is 8.78 Å². The third-order valence-corrected chi connectivity index (χ3v) is 15.5. The molecule has 7 nitrogen and oxygen atoms in total. The van der Waals surface area contributed by atoms with Crippen LogP contribution < -0.4 is 0 Å². The lowest BCUT2D eigenvalue weighted by molar-refractivity contribution is 0.566. The third kappa shape index (κ3) is 27.5. The highest BCUT2D eigenvalue weighted by Crippen LogP contribution is 2.31. The molecule has 0 unspecified atom stereocenters. The molecule has 0 atom stereocenters. The zero-order chi connectivity index (χ0) is 67.4. The van der Waals surface area contributed by atoms with Crippen LogP contribution in [0.25, 0.3) is 0 Å². The Morgan fingerprint density at radius 2 is 0.670 bits per heavy atom. The van der Waals surface area contributed by atoms with Gasteiger partial charge >= 0.3 is 0 Å². The van der Waals surface area contributed by atoms with E-state index in [9.17, 15) is 8.78 Å². The zero-order valence-electron chi connectivity index (χ0n) is 59.5. The van der Waals surface area contributed by atoms with E-state index >= 15 is 0 Å². The van der Waals surface area contributed by atoms with Crippen molar-refractivity contribution in [3.8, 4) is 0 Å². The van der Waals surface area contributed by atoms with Crippen LogP contribution in [-0.2, 0) is 0 Å². The Hall–Kier alpha value is -5.13. The first-order chi connectivity index (χ1) is 41.0. The Balaban J connectivity index is 0.000000513. The summed E-state index contributed by atoms with van der Waals surface area (Å²) in [5.41, 5.74) is 17.1. The zero-order valence-corrected chi connectivity index (χ0v) is 62.7. The molecule has 0 saturated carbocycles. The summed E-state index contributed by atoms with van der Waals surface area (Å²) >= 11 is 6.85. The second kappa shape index (κ2) is 40.6. The van der Waals surface area contributed by atoms with Gasteiger partial charge in [0.05, 0.1) is 6.20 Å². The number of pyridine rings is 7. The molecule has 0 aliphatic carbocycles.